The lowest BCUT2D eigenvalue weighted by Gasteiger charge is -2.61. The molecule has 0 spiro atoms. The fraction of sp³-hybridized carbons (Fsp3) is 0.889. The van der Waals surface area contributed by atoms with Gasteiger partial charge in [0.05, 0.1) is 29.5 Å². The third kappa shape index (κ3) is 3.41. The van der Waals surface area contributed by atoms with Crippen molar-refractivity contribution in [2.24, 2.45) is 34.5 Å². The number of aliphatic hydroxyl groups excluding tert-OH is 4. The van der Waals surface area contributed by atoms with Crippen molar-refractivity contribution in [1.29, 1.82) is 0 Å². The zero-order valence-corrected chi connectivity index (χ0v) is 21.2. The number of rotatable bonds is 5. The Hall–Kier alpha value is -0.830. The van der Waals surface area contributed by atoms with Crippen LogP contribution in [0.15, 0.2) is 11.6 Å². The summed E-state index contributed by atoms with van der Waals surface area (Å²) in [7, 11) is 0. The molecule has 0 aromatic carbocycles. The fourth-order valence-corrected chi connectivity index (χ4v) is 8.35. The first-order chi connectivity index (χ1) is 15.6. The topological polar surface area (TPSA) is 138 Å². The van der Waals surface area contributed by atoms with Crippen LogP contribution in [-0.2, 0) is 4.79 Å². The highest BCUT2D eigenvalue weighted by Gasteiger charge is 2.70. The van der Waals surface area contributed by atoms with Gasteiger partial charge in [-0.05, 0) is 81.3 Å². The summed E-state index contributed by atoms with van der Waals surface area (Å²) in [5.74, 6) is -1.14. The van der Waals surface area contributed by atoms with Crippen LogP contribution in [0, 0.1) is 34.5 Å². The van der Waals surface area contributed by atoms with Gasteiger partial charge in [-0.3, -0.25) is 4.79 Å². The smallest absolute Gasteiger partial charge is 0.159 e. The minimum absolute atomic E-state index is 0.0862. The van der Waals surface area contributed by atoms with Crippen LogP contribution >= 0.6 is 0 Å². The van der Waals surface area contributed by atoms with Crippen LogP contribution in [0.4, 0.5) is 0 Å². The molecule has 3 fully saturated rings. The molecule has 0 aliphatic heterocycles. The normalized spacial score (nSPS) is 49.1. The van der Waals surface area contributed by atoms with E-state index in [2.05, 4.69) is 13.8 Å². The molecule has 1 unspecified atom stereocenters. The third-order valence-corrected chi connectivity index (χ3v) is 10.7. The molecule has 11 atom stereocenters. The largest absolute Gasteiger partial charge is 0.390 e. The second kappa shape index (κ2) is 8.35. The van der Waals surface area contributed by atoms with E-state index in [0.29, 0.717) is 43.6 Å². The summed E-state index contributed by atoms with van der Waals surface area (Å²) in [4.78, 5) is 13.3. The summed E-state index contributed by atoms with van der Waals surface area (Å²) in [5.41, 5.74) is -3.90. The monoisotopic (exact) mass is 480 g/mol. The van der Waals surface area contributed by atoms with Crippen LogP contribution in [0.2, 0.25) is 0 Å². The van der Waals surface area contributed by atoms with E-state index < -0.39 is 52.4 Å². The standard InChI is InChI=1S/C27H44O7/c1-14(2)6-7-21(30)26(5,33)20-9-11-27(34)16-12-18(28)17-13-19(29)22(31)23(32)25(17,4)15(16)8-10-24(20,27)3/h12,14-15,17,19-23,29-34H,6-11,13H2,1-5H3/t15?,17-,19+,20-,21+,22+,23+,24+,25+,26+,27+/m0/s1. The molecule has 4 aliphatic rings. The molecular weight excluding hydrogens is 436 g/mol. The summed E-state index contributed by atoms with van der Waals surface area (Å²) in [5, 5.41) is 66.5. The highest BCUT2D eigenvalue weighted by molar-refractivity contribution is 5.95. The molecule has 0 radical (unpaired) electrons. The first-order valence-corrected chi connectivity index (χ1v) is 13.0. The minimum Gasteiger partial charge on any atom is -0.390 e. The molecule has 7 heteroatoms. The van der Waals surface area contributed by atoms with Crippen molar-refractivity contribution >= 4 is 5.78 Å². The Bertz CT molecular complexity index is 852. The Morgan fingerprint density at radius 3 is 2.35 bits per heavy atom. The second-order valence-electron chi connectivity index (χ2n) is 12.8. The van der Waals surface area contributed by atoms with Gasteiger partial charge in [0.15, 0.2) is 5.78 Å². The number of allylic oxidation sites excluding steroid dienone is 1. The number of carbonyl (C=O) groups excluding carboxylic acids is 1. The predicted molar refractivity (Wildman–Crippen MR) is 127 cm³/mol. The molecule has 4 rings (SSSR count). The Labute approximate surface area is 202 Å². The van der Waals surface area contributed by atoms with E-state index in [-0.39, 0.29) is 24.0 Å². The zero-order valence-electron chi connectivity index (χ0n) is 21.2. The molecule has 6 N–H and O–H groups in total. The van der Waals surface area contributed by atoms with Gasteiger partial charge in [-0.15, -0.1) is 0 Å². The molecule has 0 bridgehead atoms. The van der Waals surface area contributed by atoms with Crippen LogP contribution in [-0.4, -0.2) is 72.0 Å². The Morgan fingerprint density at radius 1 is 1.09 bits per heavy atom. The van der Waals surface area contributed by atoms with E-state index in [4.69, 9.17) is 0 Å². The van der Waals surface area contributed by atoms with Gasteiger partial charge < -0.3 is 30.6 Å². The number of carbonyl (C=O) groups is 1. The Balaban J connectivity index is 1.71. The van der Waals surface area contributed by atoms with Gasteiger partial charge in [0.25, 0.3) is 0 Å². The predicted octanol–water partition coefficient (Wildman–Crippen LogP) is 1.71. The van der Waals surface area contributed by atoms with Crippen LogP contribution in [0.5, 0.6) is 0 Å². The molecule has 194 valence electrons. The first-order valence-electron chi connectivity index (χ1n) is 13.0. The number of hydrogen-bond donors (Lipinski definition) is 6. The molecule has 0 saturated heterocycles. The maximum atomic E-state index is 13.3. The van der Waals surface area contributed by atoms with E-state index in [1.807, 2.05) is 6.92 Å². The molecule has 4 aliphatic carbocycles. The van der Waals surface area contributed by atoms with Gasteiger partial charge in [0.2, 0.25) is 0 Å². The lowest BCUT2D eigenvalue weighted by molar-refractivity contribution is -0.204. The van der Waals surface area contributed by atoms with Gasteiger partial charge in [0.1, 0.15) is 6.10 Å². The highest BCUT2D eigenvalue weighted by atomic mass is 16.4. The average Bonchev–Trinajstić information content (AvgIpc) is 3.04. The van der Waals surface area contributed by atoms with Crippen molar-refractivity contribution in [3.63, 3.8) is 0 Å². The van der Waals surface area contributed by atoms with Gasteiger partial charge >= 0.3 is 0 Å². The lowest BCUT2D eigenvalue weighted by atomic mass is 9.45. The van der Waals surface area contributed by atoms with Crippen LogP contribution in [0.25, 0.3) is 0 Å². The van der Waals surface area contributed by atoms with Crippen molar-refractivity contribution in [2.75, 3.05) is 0 Å². The SMILES string of the molecule is CC(C)CC[C@@H](O)[C@](C)(O)[C@H]1CC[C@@]2(O)C3=CC(=O)[C@@H]4C[C@@H](O)[C@@H](O)[C@@H](O)[C@]4(C)C3CC[C@]12C. The second-order valence-corrected chi connectivity index (χ2v) is 12.8. The van der Waals surface area contributed by atoms with Gasteiger partial charge in [0, 0.05) is 16.7 Å². The molecule has 0 aromatic rings. The molecule has 0 aromatic heterocycles. The van der Waals surface area contributed by atoms with Gasteiger partial charge in [-0.2, -0.15) is 0 Å². The number of ketones is 1. The quantitative estimate of drug-likeness (QED) is 0.352. The van der Waals surface area contributed by atoms with E-state index in [9.17, 15) is 35.4 Å². The van der Waals surface area contributed by atoms with Gasteiger partial charge in [-0.1, -0.05) is 27.7 Å². The van der Waals surface area contributed by atoms with Crippen molar-refractivity contribution in [3.8, 4) is 0 Å². The zero-order chi connectivity index (χ0) is 25.4. The minimum atomic E-state index is -1.39. The third-order valence-electron chi connectivity index (χ3n) is 10.7. The van der Waals surface area contributed by atoms with Crippen molar-refractivity contribution in [1.82, 2.24) is 0 Å². The summed E-state index contributed by atoms with van der Waals surface area (Å²) < 4.78 is 0. The van der Waals surface area contributed by atoms with Crippen LogP contribution in [0.3, 0.4) is 0 Å². The maximum absolute atomic E-state index is 13.3. The number of fused-ring (bicyclic) bond motifs is 5. The summed E-state index contributed by atoms with van der Waals surface area (Å²) >= 11 is 0. The Kier molecular flexibility index (Phi) is 6.45. The molecule has 7 nitrogen and oxygen atoms in total. The number of hydrogen-bond acceptors (Lipinski definition) is 7. The maximum Gasteiger partial charge on any atom is 0.159 e. The van der Waals surface area contributed by atoms with Crippen molar-refractivity contribution < 1.29 is 35.4 Å². The molecule has 34 heavy (non-hydrogen) atoms. The van der Waals surface area contributed by atoms with E-state index in [0.717, 1.165) is 6.42 Å². The molecule has 0 amide bonds. The fourth-order valence-electron chi connectivity index (χ4n) is 8.35. The first kappa shape index (κ1) is 26.2. The van der Waals surface area contributed by atoms with Crippen molar-refractivity contribution in [3.05, 3.63) is 11.6 Å². The van der Waals surface area contributed by atoms with E-state index >= 15 is 0 Å². The van der Waals surface area contributed by atoms with Crippen LogP contribution < -0.4 is 0 Å². The average molecular weight is 481 g/mol. The summed E-state index contributed by atoms with van der Waals surface area (Å²) in [6, 6.07) is 0. The van der Waals surface area contributed by atoms with E-state index in [1.54, 1.807) is 13.8 Å². The Morgan fingerprint density at radius 2 is 1.74 bits per heavy atom. The van der Waals surface area contributed by atoms with Crippen LogP contribution in [0.1, 0.15) is 79.6 Å². The molecule has 3 saturated carbocycles. The van der Waals surface area contributed by atoms with E-state index in [1.165, 1.54) is 6.08 Å². The highest BCUT2D eigenvalue weighted by Crippen LogP contribution is 2.68. The lowest BCUT2D eigenvalue weighted by Crippen LogP contribution is -2.66. The number of aliphatic hydroxyl groups is 6. The summed E-state index contributed by atoms with van der Waals surface area (Å²) in [6.45, 7) is 9.59. The molecule has 0 heterocycles. The summed E-state index contributed by atoms with van der Waals surface area (Å²) in [6.07, 6.45) is 0.185. The van der Waals surface area contributed by atoms with Gasteiger partial charge in [-0.25, -0.2) is 0 Å². The van der Waals surface area contributed by atoms with Crippen molar-refractivity contribution in [2.45, 2.75) is 115 Å². The molecular formula is C27H44O7.